The number of para-hydroxylation sites is 1. The predicted molar refractivity (Wildman–Crippen MR) is 247 cm³/mol. The first kappa shape index (κ1) is 35.3. The fourth-order valence-electron chi connectivity index (χ4n) is 8.49. The van der Waals surface area contributed by atoms with Gasteiger partial charge in [0.05, 0.1) is 0 Å². The molecule has 0 aliphatic heterocycles. The molecule has 284 valence electrons. The molecule has 0 unspecified atom stereocenters. The number of hydrogen-bond donors (Lipinski definition) is 0. The lowest BCUT2D eigenvalue weighted by Crippen LogP contribution is -2.18. The highest BCUT2D eigenvalue weighted by molar-refractivity contribution is 6.14. The summed E-state index contributed by atoms with van der Waals surface area (Å²) in [6.07, 6.45) is 6.24. The molecule has 8 aromatic carbocycles. The molecule has 0 radical (unpaired) electrons. The highest BCUT2D eigenvalue weighted by Gasteiger charge is 2.24. The molecular weight excluding hydrogens is 733 g/mol. The van der Waals surface area contributed by atoms with Crippen LogP contribution in [-0.2, 0) is 0 Å². The normalized spacial score (nSPS) is 12.7. The number of rotatable bonds is 8. The monoisotopic (exact) mass is 770 g/mol. The maximum atomic E-state index is 6.79. The van der Waals surface area contributed by atoms with E-state index < -0.39 is 0 Å². The Bertz CT molecular complexity index is 3200. The zero-order valence-corrected chi connectivity index (χ0v) is 32.7. The van der Waals surface area contributed by atoms with Crippen molar-refractivity contribution >= 4 is 49.7 Å². The van der Waals surface area contributed by atoms with Crippen LogP contribution in [0.3, 0.4) is 0 Å². The van der Waals surface area contributed by atoms with Gasteiger partial charge in [0.1, 0.15) is 11.2 Å². The minimum absolute atomic E-state index is 0.606. The van der Waals surface area contributed by atoms with Crippen molar-refractivity contribution in [2.75, 3.05) is 4.90 Å². The molecule has 2 aromatic heterocycles. The van der Waals surface area contributed by atoms with Crippen molar-refractivity contribution < 1.29 is 4.42 Å². The number of fused-ring (bicyclic) bond motifs is 4. The first-order valence-corrected chi connectivity index (χ1v) is 20.4. The average molecular weight is 771 g/mol. The van der Waals surface area contributed by atoms with Gasteiger partial charge < -0.3 is 9.32 Å². The fraction of sp³-hybridized carbons (Fsp3) is 0.0364. The Balaban J connectivity index is 1.04. The minimum atomic E-state index is 0.606. The average Bonchev–Trinajstić information content (AvgIpc) is 3.72. The van der Waals surface area contributed by atoms with Crippen LogP contribution in [0.5, 0.6) is 0 Å². The van der Waals surface area contributed by atoms with E-state index in [0.29, 0.717) is 17.5 Å². The number of nitrogens with zero attached hydrogens (tertiary/aromatic N) is 4. The highest BCUT2D eigenvalue weighted by Crippen LogP contribution is 2.44. The highest BCUT2D eigenvalue weighted by atomic mass is 16.3. The van der Waals surface area contributed by atoms with Crippen LogP contribution in [0.4, 0.5) is 11.4 Å². The molecule has 1 aliphatic carbocycles. The quantitative estimate of drug-likeness (QED) is 0.154. The van der Waals surface area contributed by atoms with Gasteiger partial charge in [-0.1, -0.05) is 164 Å². The van der Waals surface area contributed by atoms with E-state index in [1.807, 2.05) is 72.8 Å². The lowest BCUT2D eigenvalue weighted by molar-refractivity contribution is 0.667. The van der Waals surface area contributed by atoms with Gasteiger partial charge in [-0.3, -0.25) is 0 Å². The second kappa shape index (κ2) is 15.1. The summed E-state index contributed by atoms with van der Waals surface area (Å²) in [5.41, 5.74) is 12.6. The Morgan fingerprint density at radius 1 is 0.417 bits per heavy atom. The van der Waals surface area contributed by atoms with Gasteiger partial charge in [-0.25, -0.2) is 15.0 Å². The van der Waals surface area contributed by atoms with Crippen LogP contribution in [0, 0.1) is 0 Å². The summed E-state index contributed by atoms with van der Waals surface area (Å²) in [4.78, 5) is 17.6. The van der Waals surface area contributed by atoms with Crippen LogP contribution in [0.25, 0.3) is 83.6 Å². The van der Waals surface area contributed by atoms with Gasteiger partial charge in [-0.2, -0.15) is 0 Å². The van der Waals surface area contributed by atoms with Gasteiger partial charge in [0.25, 0.3) is 0 Å². The Hall–Kier alpha value is -7.89. The van der Waals surface area contributed by atoms with E-state index in [9.17, 15) is 0 Å². The predicted octanol–water partition coefficient (Wildman–Crippen LogP) is 14.5. The molecule has 0 amide bonds. The topological polar surface area (TPSA) is 55.1 Å². The van der Waals surface area contributed by atoms with E-state index >= 15 is 0 Å². The lowest BCUT2D eigenvalue weighted by atomic mass is 9.92. The van der Waals surface area contributed by atoms with Crippen LogP contribution in [0.1, 0.15) is 18.4 Å². The van der Waals surface area contributed by atoms with Crippen LogP contribution >= 0.6 is 0 Å². The van der Waals surface area contributed by atoms with E-state index in [4.69, 9.17) is 19.4 Å². The van der Waals surface area contributed by atoms with Crippen molar-refractivity contribution in [3.8, 4) is 45.3 Å². The number of hydrogen-bond acceptors (Lipinski definition) is 5. The molecule has 5 heteroatoms. The maximum Gasteiger partial charge on any atom is 0.164 e. The van der Waals surface area contributed by atoms with Crippen LogP contribution in [0.2, 0.25) is 0 Å². The molecule has 60 heavy (non-hydrogen) atoms. The van der Waals surface area contributed by atoms with E-state index in [1.54, 1.807) is 0 Å². The molecule has 0 saturated heterocycles. The summed E-state index contributed by atoms with van der Waals surface area (Å²) in [5, 5.41) is 4.46. The first-order chi connectivity index (χ1) is 29.7. The van der Waals surface area contributed by atoms with Crippen LogP contribution in [-0.4, -0.2) is 15.0 Å². The third-order valence-electron chi connectivity index (χ3n) is 11.4. The zero-order valence-electron chi connectivity index (χ0n) is 32.7. The number of furan rings is 1. The summed E-state index contributed by atoms with van der Waals surface area (Å²) in [7, 11) is 0. The summed E-state index contributed by atoms with van der Waals surface area (Å²) < 4.78 is 6.79. The van der Waals surface area contributed by atoms with Gasteiger partial charge in [0.15, 0.2) is 17.5 Å². The lowest BCUT2D eigenvalue weighted by Gasteiger charge is -2.30. The molecule has 10 aromatic rings. The van der Waals surface area contributed by atoms with Gasteiger partial charge >= 0.3 is 0 Å². The van der Waals surface area contributed by atoms with Crippen LogP contribution < -0.4 is 4.90 Å². The van der Waals surface area contributed by atoms with Gasteiger partial charge in [-0.15, -0.1) is 0 Å². The molecule has 2 heterocycles. The van der Waals surface area contributed by atoms with Gasteiger partial charge in [-0.05, 0) is 82.8 Å². The molecule has 0 atom stereocenters. The van der Waals surface area contributed by atoms with Gasteiger partial charge in [0, 0.05) is 50.1 Å². The molecule has 0 fully saturated rings. The Morgan fingerprint density at radius 2 is 1.02 bits per heavy atom. The van der Waals surface area contributed by atoms with Crippen molar-refractivity contribution in [3.05, 3.63) is 218 Å². The van der Waals surface area contributed by atoms with E-state index in [-0.39, 0.29) is 0 Å². The summed E-state index contributed by atoms with van der Waals surface area (Å²) in [5.74, 6) is 1.86. The number of benzene rings is 8. The molecule has 5 nitrogen and oxygen atoms in total. The first-order valence-electron chi connectivity index (χ1n) is 20.4. The minimum Gasteiger partial charge on any atom is -0.455 e. The Kier molecular flexibility index (Phi) is 8.90. The maximum absolute atomic E-state index is 6.79. The summed E-state index contributed by atoms with van der Waals surface area (Å²) >= 11 is 0. The fourth-order valence-corrected chi connectivity index (χ4v) is 8.49. The smallest absolute Gasteiger partial charge is 0.164 e. The van der Waals surface area contributed by atoms with E-state index in [0.717, 1.165) is 68.4 Å². The Labute approximate surface area is 348 Å². The van der Waals surface area contributed by atoms with Crippen molar-refractivity contribution in [3.63, 3.8) is 0 Å². The van der Waals surface area contributed by atoms with Crippen molar-refractivity contribution in [2.45, 2.75) is 12.8 Å². The third-order valence-corrected chi connectivity index (χ3v) is 11.4. The summed E-state index contributed by atoms with van der Waals surface area (Å²) in [6.45, 7) is 0. The molecule has 0 saturated carbocycles. The largest absolute Gasteiger partial charge is 0.455 e. The SMILES string of the molecule is C1=C(c2ccc(-c3nc(-c4ccccc4)nc(-c4ccccc4)n3)c3c2oc2ccccc23)CCC(N(c2cccc(-c3ccccc3)c2)c2ccc3ccccc3c2)=C1. The second-order valence-corrected chi connectivity index (χ2v) is 15.1. The second-order valence-electron chi connectivity index (χ2n) is 15.1. The number of aromatic nitrogens is 3. The third kappa shape index (κ3) is 6.52. The summed E-state index contributed by atoms with van der Waals surface area (Å²) in [6, 6.07) is 67.6. The molecular formula is C55H38N4O. The number of anilines is 2. The van der Waals surface area contributed by atoms with Crippen molar-refractivity contribution in [1.82, 2.24) is 15.0 Å². The van der Waals surface area contributed by atoms with Gasteiger partial charge in [0.2, 0.25) is 0 Å². The molecule has 1 aliphatic rings. The van der Waals surface area contributed by atoms with Crippen LogP contribution in [0.15, 0.2) is 216 Å². The van der Waals surface area contributed by atoms with E-state index in [2.05, 4.69) is 138 Å². The molecule has 0 N–H and O–H groups in total. The molecule has 11 rings (SSSR count). The van der Waals surface area contributed by atoms with Crippen molar-refractivity contribution in [2.24, 2.45) is 0 Å². The number of allylic oxidation sites excluding steroid dienone is 4. The van der Waals surface area contributed by atoms with Crippen molar-refractivity contribution in [1.29, 1.82) is 0 Å². The zero-order chi connectivity index (χ0) is 39.8. The molecule has 0 spiro atoms. The molecule has 0 bridgehead atoms. The standard InChI is InChI=1S/C55H38N4O/c1-4-15-37(16-5-1)43-23-14-24-45(35-43)59(46-32-27-38-17-10-11-22-42(38)36-46)44-30-28-39(29-31-44)47-33-34-49(51-48-25-12-13-26-50(48)60-52(47)51)55-57-53(40-18-6-2-7-19-40)56-54(58-55)41-20-8-3-9-21-41/h1-28,30,32-36H,29,31H2. The Morgan fingerprint density at radius 3 is 1.73 bits per heavy atom. The van der Waals surface area contributed by atoms with E-state index in [1.165, 1.54) is 33.2 Å².